The second-order valence-electron chi connectivity index (χ2n) is 5.59. The van der Waals surface area contributed by atoms with E-state index in [9.17, 15) is 4.79 Å². The van der Waals surface area contributed by atoms with Gasteiger partial charge in [-0.15, -0.1) is 11.3 Å². The fourth-order valence-corrected chi connectivity index (χ4v) is 3.64. The predicted molar refractivity (Wildman–Crippen MR) is 88.1 cm³/mol. The van der Waals surface area contributed by atoms with Crippen LogP contribution in [0.25, 0.3) is 0 Å². The largest absolute Gasteiger partial charge is 0.385 e. The number of benzene rings is 1. The normalized spacial score (nSPS) is 13.4. The summed E-state index contributed by atoms with van der Waals surface area (Å²) < 4.78 is 0. The van der Waals surface area contributed by atoms with Crippen LogP contribution in [0.4, 0.5) is 5.69 Å². The molecule has 0 saturated heterocycles. The minimum atomic E-state index is 0.0937. The second kappa shape index (κ2) is 5.90. The van der Waals surface area contributed by atoms with Crippen molar-refractivity contribution >= 4 is 22.9 Å². The number of rotatable bonds is 3. The highest BCUT2D eigenvalue weighted by Gasteiger charge is 2.16. The van der Waals surface area contributed by atoms with Crippen molar-refractivity contribution < 1.29 is 4.79 Å². The standard InChI is InChI=1S/C17H20N2OS/c1-12-7-9-21-16(12)11-19(2)17(20)14-5-6-15-13(10-14)4-3-8-18-15/h5-7,9-10,18H,3-4,8,11H2,1-2H3. The Morgan fingerprint density at radius 2 is 2.24 bits per heavy atom. The lowest BCUT2D eigenvalue weighted by atomic mass is 10.0. The monoisotopic (exact) mass is 300 g/mol. The van der Waals surface area contributed by atoms with Gasteiger partial charge in [0.15, 0.2) is 0 Å². The van der Waals surface area contributed by atoms with Gasteiger partial charge in [-0.05, 0) is 60.5 Å². The van der Waals surface area contributed by atoms with Gasteiger partial charge in [0.05, 0.1) is 6.54 Å². The third kappa shape index (κ3) is 2.95. The first-order valence-corrected chi connectivity index (χ1v) is 8.18. The summed E-state index contributed by atoms with van der Waals surface area (Å²) in [6.07, 6.45) is 2.19. The SMILES string of the molecule is Cc1ccsc1CN(C)C(=O)c1ccc2c(c1)CCCN2. The lowest BCUT2D eigenvalue weighted by Gasteiger charge is -2.21. The average Bonchev–Trinajstić information content (AvgIpc) is 2.91. The highest BCUT2D eigenvalue weighted by atomic mass is 32.1. The Labute approximate surface area is 129 Å². The molecule has 3 rings (SSSR count). The van der Waals surface area contributed by atoms with Crippen molar-refractivity contribution in [1.29, 1.82) is 0 Å². The van der Waals surface area contributed by atoms with E-state index >= 15 is 0 Å². The van der Waals surface area contributed by atoms with Gasteiger partial charge in [-0.25, -0.2) is 0 Å². The average molecular weight is 300 g/mol. The molecule has 2 aromatic rings. The molecule has 0 saturated carbocycles. The van der Waals surface area contributed by atoms with Gasteiger partial charge in [-0.1, -0.05) is 0 Å². The number of thiophene rings is 1. The highest BCUT2D eigenvalue weighted by molar-refractivity contribution is 7.10. The van der Waals surface area contributed by atoms with Crippen molar-refractivity contribution in [3.05, 3.63) is 51.2 Å². The zero-order chi connectivity index (χ0) is 14.8. The summed E-state index contributed by atoms with van der Waals surface area (Å²) >= 11 is 1.71. The maximum absolute atomic E-state index is 12.6. The summed E-state index contributed by atoms with van der Waals surface area (Å²) in [5.74, 6) is 0.0937. The maximum atomic E-state index is 12.6. The Balaban J connectivity index is 1.76. The minimum Gasteiger partial charge on any atom is -0.385 e. The molecule has 0 fully saturated rings. The molecule has 3 nitrogen and oxygen atoms in total. The Morgan fingerprint density at radius 3 is 3.00 bits per heavy atom. The Bertz CT molecular complexity index is 663. The van der Waals surface area contributed by atoms with Gasteiger partial charge in [-0.3, -0.25) is 4.79 Å². The van der Waals surface area contributed by atoms with Crippen LogP contribution >= 0.6 is 11.3 Å². The number of carbonyl (C=O) groups excluding carboxylic acids is 1. The van der Waals surface area contributed by atoms with Crippen LogP contribution < -0.4 is 5.32 Å². The number of amides is 1. The fourth-order valence-electron chi connectivity index (χ4n) is 2.68. The van der Waals surface area contributed by atoms with Crippen LogP contribution in [0, 0.1) is 6.92 Å². The molecule has 0 aliphatic carbocycles. The lowest BCUT2D eigenvalue weighted by Crippen LogP contribution is -2.26. The van der Waals surface area contributed by atoms with Crippen molar-refractivity contribution in [3.63, 3.8) is 0 Å². The number of anilines is 1. The summed E-state index contributed by atoms with van der Waals surface area (Å²) in [4.78, 5) is 15.6. The molecule has 1 aliphatic heterocycles. The minimum absolute atomic E-state index is 0.0937. The van der Waals surface area contributed by atoms with E-state index < -0.39 is 0 Å². The topological polar surface area (TPSA) is 32.3 Å². The van der Waals surface area contributed by atoms with Gasteiger partial charge in [0.25, 0.3) is 5.91 Å². The molecule has 1 aromatic carbocycles. The van der Waals surface area contributed by atoms with Crippen LogP contribution in [0.15, 0.2) is 29.6 Å². The van der Waals surface area contributed by atoms with Crippen LogP contribution in [-0.4, -0.2) is 24.4 Å². The first-order chi connectivity index (χ1) is 10.1. The molecule has 0 atom stereocenters. The number of nitrogens with one attached hydrogen (secondary N) is 1. The second-order valence-corrected chi connectivity index (χ2v) is 6.59. The van der Waals surface area contributed by atoms with Crippen molar-refractivity contribution in [2.45, 2.75) is 26.3 Å². The van der Waals surface area contributed by atoms with Gasteiger partial charge >= 0.3 is 0 Å². The number of aryl methyl sites for hydroxylation is 2. The molecule has 1 aliphatic rings. The lowest BCUT2D eigenvalue weighted by molar-refractivity contribution is 0.0786. The summed E-state index contributed by atoms with van der Waals surface area (Å²) in [5, 5.41) is 5.46. The molecule has 4 heteroatoms. The van der Waals surface area contributed by atoms with Gasteiger partial charge in [0, 0.05) is 29.7 Å². The zero-order valence-electron chi connectivity index (χ0n) is 12.5. The van der Waals surface area contributed by atoms with Gasteiger partial charge < -0.3 is 10.2 Å². The van der Waals surface area contributed by atoms with E-state index in [0.29, 0.717) is 6.54 Å². The molecule has 21 heavy (non-hydrogen) atoms. The van der Waals surface area contributed by atoms with Crippen LogP contribution in [0.2, 0.25) is 0 Å². The first kappa shape index (κ1) is 14.1. The summed E-state index contributed by atoms with van der Waals surface area (Å²) in [6, 6.07) is 8.10. The van der Waals surface area contributed by atoms with Crippen LogP contribution in [-0.2, 0) is 13.0 Å². The Kier molecular flexibility index (Phi) is 3.97. The molecule has 1 aromatic heterocycles. The highest BCUT2D eigenvalue weighted by Crippen LogP contribution is 2.24. The summed E-state index contributed by atoms with van der Waals surface area (Å²) in [5.41, 5.74) is 4.48. The third-order valence-electron chi connectivity index (χ3n) is 3.99. The Morgan fingerprint density at radius 1 is 1.38 bits per heavy atom. The quantitative estimate of drug-likeness (QED) is 0.937. The number of nitrogens with zero attached hydrogens (tertiary/aromatic N) is 1. The molecule has 1 N–H and O–H groups in total. The van der Waals surface area contributed by atoms with Gasteiger partial charge in [0.2, 0.25) is 0 Å². The smallest absolute Gasteiger partial charge is 0.253 e. The fraction of sp³-hybridized carbons (Fsp3) is 0.353. The number of hydrogen-bond acceptors (Lipinski definition) is 3. The summed E-state index contributed by atoms with van der Waals surface area (Å²) in [7, 11) is 1.87. The predicted octanol–water partition coefficient (Wildman–Crippen LogP) is 3.69. The van der Waals surface area contributed by atoms with Crippen molar-refractivity contribution in [2.24, 2.45) is 0 Å². The van der Waals surface area contributed by atoms with E-state index in [0.717, 1.165) is 24.9 Å². The van der Waals surface area contributed by atoms with Gasteiger partial charge in [0.1, 0.15) is 0 Å². The van der Waals surface area contributed by atoms with E-state index in [-0.39, 0.29) is 5.91 Å². The molecular weight excluding hydrogens is 280 g/mol. The van der Waals surface area contributed by atoms with Crippen molar-refractivity contribution in [1.82, 2.24) is 4.90 Å². The molecular formula is C17H20N2OS. The van der Waals surface area contributed by atoms with E-state index in [2.05, 4.69) is 23.7 Å². The zero-order valence-corrected chi connectivity index (χ0v) is 13.3. The number of carbonyl (C=O) groups is 1. The molecule has 2 heterocycles. The molecule has 0 radical (unpaired) electrons. The van der Waals surface area contributed by atoms with E-state index in [1.807, 2.05) is 25.2 Å². The van der Waals surface area contributed by atoms with Gasteiger partial charge in [-0.2, -0.15) is 0 Å². The molecule has 0 spiro atoms. The first-order valence-electron chi connectivity index (χ1n) is 7.30. The summed E-state index contributed by atoms with van der Waals surface area (Å²) in [6.45, 7) is 3.80. The van der Waals surface area contributed by atoms with Crippen molar-refractivity contribution in [3.8, 4) is 0 Å². The van der Waals surface area contributed by atoms with E-state index in [4.69, 9.17) is 0 Å². The number of hydrogen-bond donors (Lipinski definition) is 1. The maximum Gasteiger partial charge on any atom is 0.253 e. The molecule has 0 bridgehead atoms. The van der Waals surface area contributed by atoms with Crippen LogP contribution in [0.3, 0.4) is 0 Å². The van der Waals surface area contributed by atoms with Crippen LogP contribution in [0.5, 0.6) is 0 Å². The third-order valence-corrected chi connectivity index (χ3v) is 4.99. The number of fused-ring (bicyclic) bond motifs is 1. The van der Waals surface area contributed by atoms with Crippen molar-refractivity contribution in [2.75, 3.05) is 18.9 Å². The Hall–Kier alpha value is -1.81. The van der Waals surface area contributed by atoms with E-state index in [1.54, 1.807) is 16.2 Å². The molecule has 110 valence electrons. The molecule has 1 amide bonds. The molecule has 0 unspecified atom stereocenters. The van der Waals surface area contributed by atoms with E-state index in [1.165, 1.54) is 21.7 Å². The van der Waals surface area contributed by atoms with Crippen LogP contribution in [0.1, 0.15) is 32.8 Å².